The molecule has 2 fully saturated rings. The van der Waals surface area contributed by atoms with Crippen molar-refractivity contribution >= 4 is 14.0 Å². The minimum Gasteiger partial charge on any atom is -1.00 e. The van der Waals surface area contributed by atoms with Crippen molar-refractivity contribution in [2.24, 2.45) is 11.8 Å². The Bertz CT molecular complexity index is 741. The first-order chi connectivity index (χ1) is 11.9. The largest absolute Gasteiger partial charge is 1.00 e. The van der Waals surface area contributed by atoms with Crippen molar-refractivity contribution in [1.29, 1.82) is 0 Å². The Labute approximate surface area is 168 Å². The van der Waals surface area contributed by atoms with Gasteiger partial charge in [-0.25, -0.2) is 0 Å². The predicted octanol–water partition coefficient (Wildman–Crippen LogP) is 0.388. The molecule has 4 heteroatoms. The van der Waals surface area contributed by atoms with Crippen LogP contribution in [0.4, 0.5) is 0 Å². The van der Waals surface area contributed by atoms with Crippen LogP contribution >= 0.6 is 7.92 Å². The smallest absolute Gasteiger partial charge is 1.00 e. The molecule has 1 saturated carbocycles. The van der Waals surface area contributed by atoms with Crippen molar-refractivity contribution in [2.75, 3.05) is 6.16 Å². The van der Waals surface area contributed by atoms with E-state index in [1.54, 1.807) is 11.1 Å². The molecule has 6 atom stereocenters. The van der Waals surface area contributed by atoms with Gasteiger partial charge >= 0.3 is 159 Å². The van der Waals surface area contributed by atoms with E-state index < -0.39 is 23.2 Å². The van der Waals surface area contributed by atoms with Gasteiger partial charge in [-0.3, -0.25) is 0 Å². The second-order valence-corrected chi connectivity index (χ2v) is 14.1. The second kappa shape index (κ2) is 8.32. The summed E-state index contributed by atoms with van der Waals surface area (Å²) >= 11 is -0.436. The van der Waals surface area contributed by atoms with Crippen LogP contribution in [0.3, 0.4) is 0 Å². The van der Waals surface area contributed by atoms with Crippen LogP contribution in [0, 0.1) is 11.8 Å². The zero-order valence-corrected chi connectivity index (χ0v) is 18.5. The van der Waals surface area contributed by atoms with Crippen LogP contribution in [0.15, 0.2) is 53.9 Å². The summed E-state index contributed by atoms with van der Waals surface area (Å²) in [4.78, 5) is 0. The Morgan fingerprint density at radius 2 is 1.92 bits per heavy atom. The third kappa shape index (κ3) is 3.18. The molecule has 136 valence electrons. The van der Waals surface area contributed by atoms with Gasteiger partial charge in [0, 0.05) is 0 Å². The number of fused-ring (bicyclic) bond motifs is 6. The third-order valence-corrected chi connectivity index (χ3v) is 16.1. The van der Waals surface area contributed by atoms with Crippen LogP contribution in [-0.2, 0) is 23.2 Å². The van der Waals surface area contributed by atoms with Gasteiger partial charge in [0.2, 0.25) is 0 Å². The van der Waals surface area contributed by atoms with Crippen LogP contribution < -0.4 is 9.41 Å². The maximum Gasteiger partial charge on any atom is -1.00 e. The number of rotatable bonds is 3. The van der Waals surface area contributed by atoms with Gasteiger partial charge in [0.15, 0.2) is 0 Å². The molecule has 1 saturated heterocycles. The average Bonchev–Trinajstić information content (AvgIpc) is 3.17. The molecule has 4 aliphatic rings. The summed E-state index contributed by atoms with van der Waals surface area (Å²) < 4.78 is 2.00. The molecule has 0 radical (unpaired) electrons. The van der Waals surface area contributed by atoms with Crippen LogP contribution in [0.25, 0.3) is 6.08 Å². The molecule has 0 spiro atoms. The van der Waals surface area contributed by atoms with Gasteiger partial charge in [-0.05, 0) is 0 Å². The van der Waals surface area contributed by atoms with Crippen LogP contribution in [0.1, 0.15) is 40.9 Å². The first-order valence-electron chi connectivity index (χ1n) is 9.55. The zero-order valence-electron chi connectivity index (χ0n) is 15.1. The molecule has 0 aromatic heterocycles. The van der Waals surface area contributed by atoms with E-state index >= 15 is 0 Å². The normalized spacial score (nSPS) is 34.7. The van der Waals surface area contributed by atoms with Crippen LogP contribution in [0.2, 0.25) is 3.63 Å². The summed E-state index contributed by atoms with van der Waals surface area (Å²) in [5.74, 6) is 1.76. The van der Waals surface area contributed by atoms with E-state index in [2.05, 4.69) is 61.6 Å². The standard InChI is InChI=1S/C22H25P.2FH.Zr/c1-2-3-12-23(21-13-17-8-4-5-9-18(17)14-21)22-15-19-10-6-7-11-20(19)16-22;;;/h4-11,13-15,19-20,22H,2-3,12,16H2,1H3;2*1H;/q;;;+2/p-2. The molecular formula is C22H25F2PZr. The molecule has 3 aliphatic carbocycles. The van der Waals surface area contributed by atoms with Crippen LogP contribution in [-0.4, -0.2) is 11.8 Å². The molecule has 0 N–H and O–H groups in total. The van der Waals surface area contributed by atoms with E-state index in [1.807, 2.05) is 5.31 Å². The summed E-state index contributed by atoms with van der Waals surface area (Å²) in [7, 11) is 0.0942. The average molecular weight is 450 g/mol. The summed E-state index contributed by atoms with van der Waals surface area (Å²) in [5, 5.41) is 1.93. The van der Waals surface area contributed by atoms with Crippen molar-refractivity contribution < 1.29 is 32.6 Å². The number of unbranched alkanes of at least 4 members (excludes halogenated alkanes) is 1. The number of benzene rings is 1. The summed E-state index contributed by atoms with van der Waals surface area (Å²) in [6.07, 6.45) is 18.2. The molecule has 1 aromatic rings. The van der Waals surface area contributed by atoms with Gasteiger partial charge in [0.1, 0.15) is 0 Å². The molecule has 0 bridgehead atoms. The van der Waals surface area contributed by atoms with Gasteiger partial charge in [0.25, 0.3) is 0 Å². The SMILES string of the molecule is CCCCP1C2=Cc3ccccc3[CH]2[Zr+2][CH]2C3C=CC=CC3CC21.[F-].[F-]. The van der Waals surface area contributed by atoms with Crippen molar-refractivity contribution in [3.63, 3.8) is 0 Å². The van der Waals surface area contributed by atoms with Gasteiger partial charge in [0.05, 0.1) is 0 Å². The van der Waals surface area contributed by atoms with Crippen molar-refractivity contribution in [3.8, 4) is 0 Å². The van der Waals surface area contributed by atoms with Gasteiger partial charge in [-0.1, -0.05) is 0 Å². The molecule has 1 aliphatic heterocycles. The monoisotopic (exact) mass is 448 g/mol. The van der Waals surface area contributed by atoms with E-state index in [0.29, 0.717) is 0 Å². The van der Waals surface area contributed by atoms with Crippen molar-refractivity contribution in [3.05, 3.63) is 65.0 Å². The molecule has 5 rings (SSSR count). The third-order valence-electron chi connectivity index (χ3n) is 6.39. The fourth-order valence-corrected chi connectivity index (χ4v) is 17.2. The number of allylic oxidation sites excluding steroid dienone is 5. The van der Waals surface area contributed by atoms with Crippen molar-refractivity contribution in [2.45, 2.75) is 39.1 Å². The topological polar surface area (TPSA) is 0 Å². The van der Waals surface area contributed by atoms with Gasteiger partial charge < -0.3 is 9.41 Å². The minimum atomic E-state index is -0.436. The van der Waals surface area contributed by atoms with E-state index in [9.17, 15) is 0 Å². The molecule has 1 heterocycles. The molecule has 1 aromatic carbocycles. The van der Waals surface area contributed by atoms with E-state index in [4.69, 9.17) is 0 Å². The zero-order chi connectivity index (χ0) is 16.1. The maximum absolute atomic E-state index is 2.64. The Balaban J connectivity index is 0.000000980. The number of hydrogen-bond acceptors (Lipinski definition) is 0. The summed E-state index contributed by atoms with van der Waals surface area (Å²) in [5.41, 5.74) is 4.33. The quantitative estimate of drug-likeness (QED) is 0.586. The molecule has 6 unspecified atom stereocenters. The Morgan fingerprint density at radius 3 is 2.77 bits per heavy atom. The van der Waals surface area contributed by atoms with Crippen molar-refractivity contribution in [1.82, 2.24) is 0 Å². The summed E-state index contributed by atoms with van der Waals surface area (Å²) in [6.45, 7) is 2.36. The van der Waals surface area contributed by atoms with E-state index in [0.717, 1.165) is 24.7 Å². The Morgan fingerprint density at radius 1 is 1.12 bits per heavy atom. The summed E-state index contributed by atoms with van der Waals surface area (Å²) in [6, 6.07) is 9.32. The van der Waals surface area contributed by atoms with E-state index in [1.165, 1.54) is 25.4 Å². The van der Waals surface area contributed by atoms with E-state index in [-0.39, 0.29) is 17.3 Å². The predicted molar refractivity (Wildman–Crippen MR) is 101 cm³/mol. The van der Waals surface area contributed by atoms with Gasteiger partial charge in [-0.15, -0.1) is 0 Å². The second-order valence-electron chi connectivity index (χ2n) is 7.68. The first-order valence-corrected chi connectivity index (χ1v) is 14.0. The Kier molecular flexibility index (Phi) is 6.51. The minimum absolute atomic E-state index is 0. The van der Waals surface area contributed by atoms with Gasteiger partial charge in [-0.2, -0.15) is 0 Å². The molecular weight excluding hydrogens is 424 g/mol. The number of halogens is 2. The Hall–Kier alpha value is -0.387. The van der Waals surface area contributed by atoms with Crippen LogP contribution in [0.5, 0.6) is 0 Å². The number of hydrogen-bond donors (Lipinski definition) is 0. The fraction of sp³-hybridized carbons (Fsp3) is 0.455. The maximum atomic E-state index is 2.64. The molecule has 0 nitrogen and oxygen atoms in total. The fourth-order valence-electron chi connectivity index (χ4n) is 5.26. The molecule has 0 amide bonds. The molecule has 26 heavy (non-hydrogen) atoms. The first kappa shape index (κ1) is 20.4.